The van der Waals surface area contributed by atoms with Gasteiger partial charge in [0.05, 0.1) is 25.4 Å². The average Bonchev–Trinajstić information content (AvgIpc) is 2.84. The number of anilines is 1. The lowest BCUT2D eigenvalue weighted by molar-refractivity contribution is -0.384. The molecule has 196 valence electrons. The second kappa shape index (κ2) is 12.2. The fraction of sp³-hybridized carbons (Fsp3) is 0.391. The predicted molar refractivity (Wildman–Crippen MR) is 134 cm³/mol. The molecule has 0 saturated carbocycles. The zero-order valence-electron chi connectivity index (χ0n) is 20.8. The van der Waals surface area contributed by atoms with E-state index >= 15 is 0 Å². The van der Waals surface area contributed by atoms with Gasteiger partial charge >= 0.3 is 0 Å². The minimum Gasteiger partial charge on any atom is -0.497 e. The van der Waals surface area contributed by atoms with Crippen LogP contribution < -0.4 is 19.1 Å². The van der Waals surface area contributed by atoms with Crippen LogP contribution in [0, 0.1) is 10.1 Å². The molecule has 0 unspecified atom stereocenters. The summed E-state index contributed by atoms with van der Waals surface area (Å²) in [6.07, 6.45) is 0.873. The number of benzene rings is 2. The van der Waals surface area contributed by atoms with Gasteiger partial charge in [-0.1, -0.05) is 12.1 Å². The molecule has 0 aliphatic carbocycles. The van der Waals surface area contributed by atoms with Crippen LogP contribution in [0.4, 0.5) is 11.4 Å². The number of carbonyl (C=O) groups excluding carboxylic acids is 2. The molecule has 0 heterocycles. The van der Waals surface area contributed by atoms with Gasteiger partial charge in [0.1, 0.15) is 29.8 Å². The van der Waals surface area contributed by atoms with Crippen LogP contribution in [0.1, 0.15) is 19.4 Å². The van der Waals surface area contributed by atoms with Gasteiger partial charge in [-0.15, -0.1) is 0 Å². The molecular formula is C23H30N4O8S. The van der Waals surface area contributed by atoms with Gasteiger partial charge in [-0.05, 0) is 37.6 Å². The third kappa shape index (κ3) is 7.07. The minimum atomic E-state index is -4.10. The maximum atomic E-state index is 13.5. The zero-order valence-corrected chi connectivity index (χ0v) is 21.6. The number of nitrogens with zero attached hydrogens (tertiary/aromatic N) is 3. The highest BCUT2D eigenvalue weighted by atomic mass is 32.2. The minimum absolute atomic E-state index is 0.0159. The molecule has 13 heteroatoms. The topological polar surface area (TPSA) is 148 Å². The smallest absolute Gasteiger partial charge is 0.271 e. The van der Waals surface area contributed by atoms with Crippen molar-refractivity contribution in [2.45, 2.75) is 26.4 Å². The van der Waals surface area contributed by atoms with Crippen LogP contribution in [-0.2, 0) is 26.2 Å². The molecule has 0 fully saturated rings. The first-order chi connectivity index (χ1) is 16.9. The number of nitro benzene ring substituents is 1. The van der Waals surface area contributed by atoms with Crippen LogP contribution in [0.5, 0.6) is 11.5 Å². The first-order valence-electron chi connectivity index (χ1n) is 10.9. The maximum absolute atomic E-state index is 13.5. The number of nitro groups is 1. The first kappa shape index (κ1) is 28.4. The highest BCUT2D eigenvalue weighted by Gasteiger charge is 2.32. The van der Waals surface area contributed by atoms with Crippen LogP contribution in [0.2, 0.25) is 0 Å². The highest BCUT2D eigenvalue weighted by Crippen LogP contribution is 2.34. The van der Waals surface area contributed by atoms with Crippen LogP contribution in [0.15, 0.2) is 42.5 Å². The molecule has 0 aromatic heterocycles. The maximum Gasteiger partial charge on any atom is 0.271 e. The summed E-state index contributed by atoms with van der Waals surface area (Å²) in [5, 5.41) is 14.0. The first-order valence-corrected chi connectivity index (χ1v) is 12.8. The molecule has 0 saturated heterocycles. The van der Waals surface area contributed by atoms with Crippen molar-refractivity contribution in [1.82, 2.24) is 10.2 Å². The Kier molecular flexibility index (Phi) is 9.61. The summed E-state index contributed by atoms with van der Waals surface area (Å²) in [7, 11) is -1.33. The lowest BCUT2D eigenvalue weighted by Gasteiger charge is -2.31. The van der Waals surface area contributed by atoms with Crippen molar-refractivity contribution in [2.75, 3.05) is 37.9 Å². The van der Waals surface area contributed by atoms with E-state index in [-0.39, 0.29) is 23.7 Å². The van der Waals surface area contributed by atoms with E-state index in [1.54, 1.807) is 31.2 Å². The molecule has 2 amide bonds. The van der Waals surface area contributed by atoms with Crippen molar-refractivity contribution in [3.8, 4) is 11.5 Å². The fourth-order valence-corrected chi connectivity index (χ4v) is 4.30. The Morgan fingerprint density at radius 3 is 2.39 bits per heavy atom. The molecule has 1 N–H and O–H groups in total. The quantitative estimate of drug-likeness (QED) is 0.328. The normalized spacial score (nSPS) is 11.8. The Labute approximate surface area is 210 Å². The van der Waals surface area contributed by atoms with E-state index < -0.39 is 39.3 Å². The van der Waals surface area contributed by atoms with Gasteiger partial charge in [0.2, 0.25) is 21.8 Å². The lowest BCUT2D eigenvalue weighted by Crippen LogP contribution is -2.51. The number of likely N-dealkylation sites (N-methyl/N-ethyl adjacent to an activating group) is 1. The zero-order chi connectivity index (χ0) is 27.0. The van der Waals surface area contributed by atoms with Gasteiger partial charge in [-0.3, -0.25) is 24.0 Å². The molecule has 12 nitrogen and oxygen atoms in total. The third-order valence-corrected chi connectivity index (χ3v) is 6.45. The number of hydrogen-bond acceptors (Lipinski definition) is 8. The summed E-state index contributed by atoms with van der Waals surface area (Å²) in [4.78, 5) is 38.0. The van der Waals surface area contributed by atoms with Gasteiger partial charge in [0, 0.05) is 25.2 Å². The van der Waals surface area contributed by atoms with Crippen molar-refractivity contribution < 1.29 is 32.4 Å². The van der Waals surface area contributed by atoms with E-state index in [0.717, 1.165) is 22.7 Å². The van der Waals surface area contributed by atoms with Gasteiger partial charge in [0.15, 0.2) is 0 Å². The van der Waals surface area contributed by atoms with Gasteiger partial charge in [-0.2, -0.15) is 0 Å². The van der Waals surface area contributed by atoms with Crippen LogP contribution in [0.25, 0.3) is 0 Å². The van der Waals surface area contributed by atoms with Gasteiger partial charge < -0.3 is 19.7 Å². The van der Waals surface area contributed by atoms with E-state index in [1.807, 2.05) is 0 Å². The monoisotopic (exact) mass is 522 g/mol. The molecule has 1 atom stereocenters. The lowest BCUT2D eigenvalue weighted by atomic mass is 10.1. The van der Waals surface area contributed by atoms with E-state index in [9.17, 15) is 28.1 Å². The Hall–Kier alpha value is -3.87. The standard InChI is InChI=1S/C23H30N4O8S/c1-6-24-23(29)16(2)25(14-17-8-7-9-19(12-17)34-3)22(28)15-26(36(5,32)33)20-13-18(27(30)31)10-11-21(20)35-4/h7-13,16H,6,14-15H2,1-5H3,(H,24,29)/t16-/m0/s1. The van der Waals surface area contributed by atoms with Crippen molar-refractivity contribution >= 4 is 33.2 Å². The van der Waals surface area contributed by atoms with E-state index in [1.165, 1.54) is 32.1 Å². The third-order valence-electron chi connectivity index (χ3n) is 5.33. The Morgan fingerprint density at radius 2 is 1.83 bits per heavy atom. The SMILES string of the molecule is CCNC(=O)[C@H](C)N(Cc1cccc(OC)c1)C(=O)CN(c1cc([N+](=O)[O-])ccc1OC)S(C)(=O)=O. The number of amides is 2. The number of hydrogen-bond donors (Lipinski definition) is 1. The summed E-state index contributed by atoms with van der Waals surface area (Å²) in [6.45, 7) is 2.87. The van der Waals surface area contributed by atoms with Crippen LogP contribution in [-0.4, -0.2) is 69.7 Å². The number of sulfonamides is 1. The van der Waals surface area contributed by atoms with Crippen LogP contribution >= 0.6 is 0 Å². The molecule has 0 aliphatic heterocycles. The number of nitrogens with one attached hydrogen (secondary N) is 1. The Balaban J connectivity index is 2.52. The summed E-state index contributed by atoms with van der Waals surface area (Å²) < 4.78 is 36.6. The Bertz CT molecular complexity index is 1220. The number of methoxy groups -OCH3 is 2. The number of carbonyl (C=O) groups is 2. The number of rotatable bonds is 12. The van der Waals surface area contributed by atoms with E-state index in [4.69, 9.17) is 9.47 Å². The molecule has 0 aliphatic rings. The van der Waals surface area contributed by atoms with E-state index in [0.29, 0.717) is 17.9 Å². The second-order valence-electron chi connectivity index (χ2n) is 7.83. The number of ether oxygens (including phenoxy) is 2. The Morgan fingerprint density at radius 1 is 1.14 bits per heavy atom. The van der Waals surface area contributed by atoms with E-state index in [2.05, 4.69) is 5.32 Å². The molecular weight excluding hydrogens is 492 g/mol. The van der Waals surface area contributed by atoms with Gasteiger partial charge in [-0.25, -0.2) is 8.42 Å². The molecule has 2 rings (SSSR count). The number of non-ortho nitro benzene ring substituents is 1. The largest absolute Gasteiger partial charge is 0.497 e. The molecule has 0 bridgehead atoms. The molecule has 0 spiro atoms. The van der Waals surface area contributed by atoms with Crippen molar-refractivity contribution in [2.24, 2.45) is 0 Å². The molecule has 36 heavy (non-hydrogen) atoms. The molecule has 2 aromatic rings. The molecule has 2 aromatic carbocycles. The van der Waals surface area contributed by atoms with Crippen molar-refractivity contribution in [1.29, 1.82) is 0 Å². The summed E-state index contributed by atoms with van der Waals surface area (Å²) in [5.74, 6) is -0.553. The van der Waals surface area contributed by atoms with Crippen molar-refractivity contribution in [3.63, 3.8) is 0 Å². The van der Waals surface area contributed by atoms with Crippen LogP contribution in [0.3, 0.4) is 0 Å². The molecule has 0 radical (unpaired) electrons. The van der Waals surface area contributed by atoms with Crippen molar-refractivity contribution in [3.05, 3.63) is 58.1 Å². The summed E-state index contributed by atoms with van der Waals surface area (Å²) >= 11 is 0. The highest BCUT2D eigenvalue weighted by molar-refractivity contribution is 7.92. The summed E-state index contributed by atoms with van der Waals surface area (Å²) in [5.41, 5.74) is 0.100. The second-order valence-corrected chi connectivity index (χ2v) is 9.73. The predicted octanol–water partition coefficient (Wildman–Crippen LogP) is 1.93. The average molecular weight is 523 g/mol. The fourth-order valence-electron chi connectivity index (χ4n) is 3.45. The van der Waals surface area contributed by atoms with Gasteiger partial charge in [0.25, 0.3) is 5.69 Å². The summed E-state index contributed by atoms with van der Waals surface area (Å²) in [6, 6.07) is 9.38.